The summed E-state index contributed by atoms with van der Waals surface area (Å²) in [6.07, 6.45) is 0. The lowest BCUT2D eigenvalue weighted by Gasteiger charge is -2.08. The van der Waals surface area contributed by atoms with Gasteiger partial charge in [0.2, 0.25) is 5.88 Å². The first kappa shape index (κ1) is 13.9. The lowest BCUT2D eigenvalue weighted by molar-refractivity contribution is 0.258. The Morgan fingerprint density at radius 1 is 1.12 bits per heavy atom. The van der Waals surface area contributed by atoms with E-state index >= 15 is 0 Å². The van der Waals surface area contributed by atoms with Gasteiger partial charge in [-0.2, -0.15) is 5.10 Å². The Morgan fingerprint density at radius 3 is 2.41 bits per heavy atom. The van der Waals surface area contributed by atoms with Crippen LogP contribution in [0.15, 0.2) is 12.1 Å². The van der Waals surface area contributed by atoms with Gasteiger partial charge in [-0.05, 0) is 24.4 Å². The number of nitrogens with zero attached hydrogens (tertiary/aromatic N) is 2. The van der Waals surface area contributed by atoms with Crippen molar-refractivity contribution in [2.24, 2.45) is 11.8 Å². The van der Waals surface area contributed by atoms with Crippen LogP contribution in [0.5, 0.6) is 5.88 Å². The van der Waals surface area contributed by atoms with Crippen LogP contribution in [0.25, 0.3) is 0 Å². The van der Waals surface area contributed by atoms with E-state index in [0.29, 0.717) is 24.3 Å². The first-order valence-electron chi connectivity index (χ1n) is 6.24. The standard InChI is InChI=1S/C13H23N3O/c1-10(2)7-14-8-12-5-6-13(16-15-12)17-9-11(3)4/h5-6,10-11,14H,7-9H2,1-4H3. The minimum atomic E-state index is 0.504. The van der Waals surface area contributed by atoms with E-state index in [0.717, 1.165) is 18.8 Å². The van der Waals surface area contributed by atoms with Gasteiger partial charge < -0.3 is 10.1 Å². The highest BCUT2D eigenvalue weighted by atomic mass is 16.5. The molecule has 0 amide bonds. The van der Waals surface area contributed by atoms with E-state index in [2.05, 4.69) is 43.2 Å². The molecule has 0 radical (unpaired) electrons. The summed E-state index contributed by atoms with van der Waals surface area (Å²) in [6, 6.07) is 3.83. The molecule has 1 N–H and O–H groups in total. The zero-order valence-corrected chi connectivity index (χ0v) is 11.2. The number of aromatic nitrogens is 2. The Morgan fingerprint density at radius 2 is 1.88 bits per heavy atom. The van der Waals surface area contributed by atoms with E-state index in [1.165, 1.54) is 0 Å². The van der Waals surface area contributed by atoms with Gasteiger partial charge in [0.1, 0.15) is 0 Å². The second-order valence-electron chi connectivity index (χ2n) is 5.09. The molecular weight excluding hydrogens is 214 g/mol. The molecule has 0 aromatic carbocycles. The molecule has 17 heavy (non-hydrogen) atoms. The van der Waals surface area contributed by atoms with E-state index in [1.54, 1.807) is 0 Å². The summed E-state index contributed by atoms with van der Waals surface area (Å²) < 4.78 is 5.47. The van der Waals surface area contributed by atoms with E-state index in [4.69, 9.17) is 4.74 Å². The molecule has 0 atom stereocenters. The zero-order chi connectivity index (χ0) is 12.7. The number of ether oxygens (including phenoxy) is 1. The molecule has 0 aliphatic carbocycles. The largest absolute Gasteiger partial charge is 0.476 e. The van der Waals surface area contributed by atoms with Crippen molar-refractivity contribution in [3.63, 3.8) is 0 Å². The van der Waals surface area contributed by atoms with Gasteiger partial charge in [0.25, 0.3) is 0 Å². The van der Waals surface area contributed by atoms with E-state index in [9.17, 15) is 0 Å². The van der Waals surface area contributed by atoms with Gasteiger partial charge in [-0.15, -0.1) is 5.10 Å². The summed E-state index contributed by atoms with van der Waals surface area (Å²) in [5, 5.41) is 11.5. The van der Waals surface area contributed by atoms with Crippen molar-refractivity contribution < 1.29 is 4.74 Å². The highest BCUT2D eigenvalue weighted by Crippen LogP contribution is 2.06. The fraction of sp³-hybridized carbons (Fsp3) is 0.692. The van der Waals surface area contributed by atoms with Crippen molar-refractivity contribution >= 4 is 0 Å². The van der Waals surface area contributed by atoms with Crippen molar-refractivity contribution in [1.29, 1.82) is 0 Å². The molecule has 0 saturated heterocycles. The lowest BCUT2D eigenvalue weighted by atomic mass is 10.2. The third kappa shape index (κ3) is 6.22. The average molecular weight is 237 g/mol. The fourth-order valence-electron chi connectivity index (χ4n) is 1.26. The van der Waals surface area contributed by atoms with Crippen molar-refractivity contribution in [3.05, 3.63) is 17.8 Å². The molecule has 1 aromatic rings. The summed E-state index contributed by atoms with van der Waals surface area (Å²) in [5.41, 5.74) is 0.947. The van der Waals surface area contributed by atoms with Gasteiger partial charge in [-0.25, -0.2) is 0 Å². The van der Waals surface area contributed by atoms with Gasteiger partial charge in [-0.1, -0.05) is 27.7 Å². The van der Waals surface area contributed by atoms with Crippen molar-refractivity contribution in [2.75, 3.05) is 13.2 Å². The average Bonchev–Trinajstić information content (AvgIpc) is 2.27. The molecular formula is C13H23N3O. The number of hydrogen-bond donors (Lipinski definition) is 1. The molecule has 0 fully saturated rings. The van der Waals surface area contributed by atoms with Crippen LogP contribution in [-0.4, -0.2) is 23.3 Å². The molecule has 0 aliphatic rings. The molecule has 96 valence electrons. The van der Waals surface area contributed by atoms with Crippen molar-refractivity contribution in [3.8, 4) is 5.88 Å². The summed E-state index contributed by atoms with van der Waals surface area (Å²) in [7, 11) is 0. The van der Waals surface area contributed by atoms with Gasteiger partial charge in [0.15, 0.2) is 0 Å². The van der Waals surface area contributed by atoms with Crippen LogP contribution in [0, 0.1) is 11.8 Å². The number of hydrogen-bond acceptors (Lipinski definition) is 4. The molecule has 0 aliphatic heterocycles. The van der Waals surface area contributed by atoms with Crippen LogP contribution in [-0.2, 0) is 6.54 Å². The topological polar surface area (TPSA) is 47.0 Å². The monoisotopic (exact) mass is 237 g/mol. The maximum absolute atomic E-state index is 5.47. The molecule has 0 bridgehead atoms. The minimum absolute atomic E-state index is 0.504. The molecule has 1 rings (SSSR count). The lowest BCUT2D eigenvalue weighted by Crippen LogP contribution is -2.19. The van der Waals surface area contributed by atoms with Gasteiger partial charge >= 0.3 is 0 Å². The van der Waals surface area contributed by atoms with Crippen LogP contribution in [0.2, 0.25) is 0 Å². The quantitative estimate of drug-likeness (QED) is 0.790. The Balaban J connectivity index is 2.34. The van der Waals surface area contributed by atoms with Crippen LogP contribution in [0.1, 0.15) is 33.4 Å². The van der Waals surface area contributed by atoms with Gasteiger partial charge in [0.05, 0.1) is 12.3 Å². The summed E-state index contributed by atoms with van der Waals surface area (Å²) in [6.45, 7) is 11.0. The SMILES string of the molecule is CC(C)CNCc1ccc(OCC(C)C)nn1. The second-order valence-corrected chi connectivity index (χ2v) is 5.09. The molecule has 4 heteroatoms. The Labute approximate surface area is 104 Å². The van der Waals surface area contributed by atoms with Gasteiger partial charge in [0, 0.05) is 12.6 Å². The first-order valence-corrected chi connectivity index (χ1v) is 6.24. The molecule has 0 saturated carbocycles. The van der Waals surface area contributed by atoms with E-state index in [1.807, 2.05) is 12.1 Å². The number of rotatable bonds is 7. The Hall–Kier alpha value is -1.16. The summed E-state index contributed by atoms with van der Waals surface area (Å²) >= 11 is 0. The maximum Gasteiger partial charge on any atom is 0.233 e. The van der Waals surface area contributed by atoms with Crippen LogP contribution in [0.3, 0.4) is 0 Å². The fourth-order valence-corrected chi connectivity index (χ4v) is 1.26. The van der Waals surface area contributed by atoms with Crippen LogP contribution >= 0.6 is 0 Å². The highest BCUT2D eigenvalue weighted by molar-refractivity contribution is 5.11. The predicted octanol–water partition coefficient (Wildman–Crippen LogP) is 2.26. The van der Waals surface area contributed by atoms with Crippen LogP contribution < -0.4 is 10.1 Å². The third-order valence-corrected chi connectivity index (χ3v) is 2.12. The molecule has 0 unspecified atom stereocenters. The molecule has 4 nitrogen and oxygen atoms in total. The molecule has 1 heterocycles. The number of nitrogens with one attached hydrogen (secondary N) is 1. The molecule has 1 aromatic heterocycles. The highest BCUT2D eigenvalue weighted by Gasteiger charge is 2.01. The first-order chi connectivity index (χ1) is 8.08. The summed E-state index contributed by atoms with van der Waals surface area (Å²) in [4.78, 5) is 0. The van der Waals surface area contributed by atoms with Gasteiger partial charge in [-0.3, -0.25) is 0 Å². The van der Waals surface area contributed by atoms with E-state index in [-0.39, 0.29) is 0 Å². The normalized spacial score (nSPS) is 11.2. The Bertz CT molecular complexity index is 309. The smallest absolute Gasteiger partial charge is 0.233 e. The Kier molecular flexibility index (Phi) is 5.91. The van der Waals surface area contributed by atoms with Crippen LogP contribution in [0.4, 0.5) is 0 Å². The minimum Gasteiger partial charge on any atom is -0.476 e. The van der Waals surface area contributed by atoms with E-state index < -0.39 is 0 Å². The third-order valence-electron chi connectivity index (χ3n) is 2.12. The zero-order valence-electron chi connectivity index (χ0n) is 11.2. The summed E-state index contributed by atoms with van der Waals surface area (Å²) in [5.74, 6) is 1.76. The second kappa shape index (κ2) is 7.22. The van der Waals surface area contributed by atoms with Crippen molar-refractivity contribution in [2.45, 2.75) is 34.2 Å². The maximum atomic E-state index is 5.47. The predicted molar refractivity (Wildman–Crippen MR) is 68.9 cm³/mol. The molecule has 0 spiro atoms. The van der Waals surface area contributed by atoms with Crippen molar-refractivity contribution in [1.82, 2.24) is 15.5 Å².